The van der Waals surface area contributed by atoms with Crippen LogP contribution in [0.5, 0.6) is 0 Å². The molecule has 0 bridgehead atoms. The van der Waals surface area contributed by atoms with Gasteiger partial charge in [0.15, 0.2) is 15.1 Å². The molecule has 0 saturated heterocycles. The van der Waals surface area contributed by atoms with E-state index in [2.05, 4.69) is 6.92 Å². The third-order valence-corrected chi connectivity index (χ3v) is 7.61. The molecule has 4 nitrogen and oxygen atoms in total. The molecule has 0 saturated carbocycles. The van der Waals surface area contributed by atoms with Crippen LogP contribution in [0.4, 0.5) is 0 Å². The van der Waals surface area contributed by atoms with Gasteiger partial charge in [-0.15, -0.1) is 0 Å². The molecule has 1 rings (SSSR count). The first-order chi connectivity index (χ1) is 13.9. The van der Waals surface area contributed by atoms with Crippen molar-refractivity contribution in [3.05, 3.63) is 29.8 Å². The Labute approximate surface area is 178 Å². The van der Waals surface area contributed by atoms with E-state index < -0.39 is 21.1 Å². The number of hydrogen-bond donors (Lipinski definition) is 0. The second-order valence-electron chi connectivity index (χ2n) is 8.05. The first kappa shape index (κ1) is 25.7. The van der Waals surface area contributed by atoms with Crippen molar-refractivity contribution in [3.63, 3.8) is 0 Å². The average Bonchev–Trinajstić information content (AvgIpc) is 2.71. The number of esters is 1. The van der Waals surface area contributed by atoms with Crippen LogP contribution in [-0.2, 0) is 19.4 Å². The van der Waals surface area contributed by atoms with Crippen LogP contribution in [0.25, 0.3) is 0 Å². The van der Waals surface area contributed by atoms with E-state index in [4.69, 9.17) is 4.74 Å². The molecule has 1 aromatic rings. The van der Waals surface area contributed by atoms with Crippen molar-refractivity contribution in [1.29, 1.82) is 0 Å². The molecule has 5 heteroatoms. The third kappa shape index (κ3) is 9.79. The highest BCUT2D eigenvalue weighted by Crippen LogP contribution is 2.22. The standard InChI is InChI=1S/C24H40O4S/c1-4-5-6-7-8-9-10-11-12-13-14-15-16-23(24(25)28-3)29(26,27)22-19-17-21(2)18-20-22/h17-20,23H,4-16H2,1-3H3/t23-/m0/s1. The first-order valence-corrected chi connectivity index (χ1v) is 12.9. The predicted octanol–water partition coefficient (Wildman–Crippen LogP) is 6.40. The molecule has 1 atom stereocenters. The molecule has 0 fully saturated rings. The zero-order valence-corrected chi connectivity index (χ0v) is 19.4. The van der Waals surface area contributed by atoms with Gasteiger partial charge in [0.1, 0.15) is 0 Å². The Balaban J connectivity index is 2.33. The summed E-state index contributed by atoms with van der Waals surface area (Å²) < 4.78 is 30.5. The zero-order chi connectivity index (χ0) is 21.5. The second-order valence-corrected chi connectivity index (χ2v) is 10.2. The molecular formula is C24H40O4S. The van der Waals surface area contributed by atoms with Gasteiger partial charge in [-0.25, -0.2) is 8.42 Å². The molecular weight excluding hydrogens is 384 g/mol. The molecule has 0 aliphatic heterocycles. The lowest BCUT2D eigenvalue weighted by Crippen LogP contribution is -2.31. The van der Waals surface area contributed by atoms with E-state index >= 15 is 0 Å². The number of unbranched alkanes of at least 4 members (excludes halogenated alkanes) is 11. The van der Waals surface area contributed by atoms with Crippen LogP contribution in [0.1, 0.15) is 96.0 Å². The summed E-state index contributed by atoms with van der Waals surface area (Å²) in [6.07, 6.45) is 14.8. The van der Waals surface area contributed by atoms with Gasteiger partial charge in [0, 0.05) is 0 Å². The lowest BCUT2D eigenvalue weighted by molar-refractivity contribution is -0.140. The highest BCUT2D eigenvalue weighted by Gasteiger charge is 2.34. The molecule has 0 unspecified atom stereocenters. The summed E-state index contributed by atoms with van der Waals surface area (Å²) in [5, 5.41) is -1.11. The highest BCUT2D eigenvalue weighted by atomic mass is 32.2. The normalized spacial score (nSPS) is 12.7. The van der Waals surface area contributed by atoms with Crippen molar-refractivity contribution in [2.24, 2.45) is 0 Å². The molecule has 0 N–H and O–H groups in total. The predicted molar refractivity (Wildman–Crippen MR) is 120 cm³/mol. The second kappa shape index (κ2) is 14.6. The number of aryl methyl sites for hydroxylation is 1. The smallest absolute Gasteiger partial charge is 0.324 e. The summed E-state index contributed by atoms with van der Waals surface area (Å²) in [7, 11) is -2.47. The van der Waals surface area contributed by atoms with Gasteiger partial charge in [-0.1, -0.05) is 102 Å². The van der Waals surface area contributed by atoms with Crippen LogP contribution in [-0.4, -0.2) is 26.7 Å². The van der Waals surface area contributed by atoms with Gasteiger partial charge in [0.2, 0.25) is 0 Å². The molecule has 29 heavy (non-hydrogen) atoms. The summed E-state index contributed by atoms with van der Waals surface area (Å²) in [6, 6.07) is 6.65. The van der Waals surface area contributed by atoms with Crippen molar-refractivity contribution >= 4 is 15.8 Å². The number of carbonyl (C=O) groups excluding carboxylic acids is 1. The zero-order valence-electron chi connectivity index (χ0n) is 18.6. The molecule has 0 amide bonds. The molecule has 0 radical (unpaired) electrons. The number of methoxy groups -OCH3 is 1. The van der Waals surface area contributed by atoms with E-state index in [1.807, 2.05) is 6.92 Å². The van der Waals surface area contributed by atoms with Crippen LogP contribution in [0.3, 0.4) is 0 Å². The Kier molecular flexibility index (Phi) is 12.9. The topological polar surface area (TPSA) is 60.4 Å². The Bertz CT molecular complexity index is 665. The minimum absolute atomic E-state index is 0.192. The molecule has 0 heterocycles. The number of sulfone groups is 1. The van der Waals surface area contributed by atoms with E-state index in [-0.39, 0.29) is 4.90 Å². The molecule has 0 spiro atoms. The van der Waals surface area contributed by atoms with Crippen LogP contribution >= 0.6 is 0 Å². The number of hydrogen-bond acceptors (Lipinski definition) is 4. The van der Waals surface area contributed by atoms with Gasteiger partial charge < -0.3 is 4.74 Å². The number of ether oxygens (including phenoxy) is 1. The van der Waals surface area contributed by atoms with Crippen molar-refractivity contribution < 1.29 is 17.9 Å². The fraction of sp³-hybridized carbons (Fsp3) is 0.708. The Morgan fingerprint density at radius 1 is 0.828 bits per heavy atom. The fourth-order valence-corrected chi connectivity index (χ4v) is 5.26. The highest BCUT2D eigenvalue weighted by molar-refractivity contribution is 7.92. The van der Waals surface area contributed by atoms with Crippen molar-refractivity contribution in [3.8, 4) is 0 Å². The van der Waals surface area contributed by atoms with Crippen LogP contribution in [0.15, 0.2) is 29.2 Å². The van der Waals surface area contributed by atoms with Gasteiger partial charge in [-0.05, 0) is 25.5 Å². The van der Waals surface area contributed by atoms with Crippen molar-refractivity contribution in [1.82, 2.24) is 0 Å². The maximum Gasteiger partial charge on any atom is 0.324 e. The summed E-state index contributed by atoms with van der Waals surface area (Å²) >= 11 is 0. The summed E-state index contributed by atoms with van der Waals surface area (Å²) in [5.41, 5.74) is 0.986. The average molecular weight is 425 g/mol. The Morgan fingerprint density at radius 3 is 1.72 bits per heavy atom. The van der Waals surface area contributed by atoms with Crippen molar-refractivity contribution in [2.45, 2.75) is 107 Å². The molecule has 0 aliphatic rings. The van der Waals surface area contributed by atoms with Gasteiger partial charge in [-0.2, -0.15) is 0 Å². The lowest BCUT2D eigenvalue weighted by atomic mass is 10.0. The van der Waals surface area contributed by atoms with E-state index in [1.54, 1.807) is 24.3 Å². The minimum Gasteiger partial charge on any atom is -0.468 e. The first-order valence-electron chi connectivity index (χ1n) is 11.3. The Morgan fingerprint density at radius 2 is 1.28 bits per heavy atom. The molecule has 1 aromatic carbocycles. The van der Waals surface area contributed by atoms with Gasteiger partial charge >= 0.3 is 5.97 Å². The lowest BCUT2D eigenvalue weighted by Gasteiger charge is -2.16. The van der Waals surface area contributed by atoms with Gasteiger partial charge in [-0.3, -0.25) is 4.79 Å². The number of rotatable bonds is 16. The monoisotopic (exact) mass is 424 g/mol. The van der Waals surface area contributed by atoms with Crippen molar-refractivity contribution in [2.75, 3.05) is 7.11 Å². The van der Waals surface area contributed by atoms with E-state index in [1.165, 1.54) is 64.9 Å². The molecule has 166 valence electrons. The van der Waals surface area contributed by atoms with Crippen LogP contribution in [0.2, 0.25) is 0 Å². The van der Waals surface area contributed by atoms with E-state index in [9.17, 15) is 13.2 Å². The van der Waals surface area contributed by atoms with E-state index in [0.29, 0.717) is 6.42 Å². The quantitative estimate of drug-likeness (QED) is 0.227. The summed E-state index contributed by atoms with van der Waals surface area (Å²) in [5.74, 6) is -0.659. The molecule has 0 aromatic heterocycles. The number of carbonyl (C=O) groups is 1. The SMILES string of the molecule is CCCCCCCCCCCCCC[C@@H](C(=O)OC)S(=O)(=O)c1ccc(C)cc1. The maximum atomic E-state index is 12.9. The summed E-state index contributed by atoms with van der Waals surface area (Å²) in [6.45, 7) is 4.14. The third-order valence-electron chi connectivity index (χ3n) is 5.51. The largest absolute Gasteiger partial charge is 0.468 e. The van der Waals surface area contributed by atoms with Crippen LogP contribution < -0.4 is 0 Å². The minimum atomic E-state index is -3.72. The fourth-order valence-electron chi connectivity index (χ4n) is 3.59. The molecule has 0 aliphatic carbocycles. The van der Waals surface area contributed by atoms with E-state index in [0.717, 1.165) is 24.8 Å². The van der Waals surface area contributed by atoms with Crippen LogP contribution in [0, 0.1) is 6.92 Å². The maximum absolute atomic E-state index is 12.9. The van der Waals surface area contributed by atoms with Gasteiger partial charge in [0.25, 0.3) is 0 Å². The summed E-state index contributed by atoms with van der Waals surface area (Å²) in [4.78, 5) is 12.3. The number of benzene rings is 1. The van der Waals surface area contributed by atoms with Gasteiger partial charge in [0.05, 0.1) is 12.0 Å². The Hall–Kier alpha value is -1.36.